The van der Waals surface area contributed by atoms with Gasteiger partial charge in [0.15, 0.2) is 0 Å². The van der Waals surface area contributed by atoms with Crippen molar-refractivity contribution in [3.63, 3.8) is 0 Å². The van der Waals surface area contributed by atoms with Gasteiger partial charge < -0.3 is 20.3 Å². The summed E-state index contributed by atoms with van der Waals surface area (Å²) in [4.78, 5) is 16.1. The lowest BCUT2D eigenvalue weighted by Crippen LogP contribution is -2.29. The van der Waals surface area contributed by atoms with Gasteiger partial charge in [-0.05, 0) is 19.8 Å². The molecule has 3 rings (SSSR count). The number of hydrogen-bond donors (Lipinski definition) is 3. The lowest BCUT2D eigenvalue weighted by Gasteiger charge is -2.16. The zero-order chi connectivity index (χ0) is 14.3. The van der Waals surface area contributed by atoms with E-state index in [4.69, 9.17) is 9.84 Å². The molecule has 0 amide bonds. The van der Waals surface area contributed by atoms with Gasteiger partial charge in [0.25, 0.3) is 0 Å². The molecular weight excluding hydrogens is 262 g/mol. The molecule has 110 valence electrons. The minimum Gasteiger partial charge on any atom is -0.394 e. The van der Waals surface area contributed by atoms with Crippen LogP contribution in [0.4, 0.5) is 5.82 Å². The fourth-order valence-electron chi connectivity index (χ4n) is 2.39. The highest BCUT2D eigenvalue weighted by atomic mass is 16.5. The molecule has 0 spiro atoms. The SMILES string of the molecule is Cc1cn([C@H]2C[C@H](O)[C@H](CO)O2)c(=O)nc1NC1CC1. The van der Waals surface area contributed by atoms with Crippen LogP contribution >= 0.6 is 0 Å². The molecule has 1 saturated carbocycles. The van der Waals surface area contributed by atoms with Gasteiger partial charge in [0.1, 0.15) is 18.1 Å². The standard InChI is InChI=1S/C13H19N3O4/c1-7-5-16(11-4-9(18)10(6-17)20-11)13(19)15-12(7)14-8-2-3-8/h5,8-11,17-18H,2-4,6H2,1H3,(H,14,15,19)/t9-,10-,11+/m0/s1. The average Bonchev–Trinajstić information content (AvgIpc) is 3.15. The Bertz CT molecular complexity index is 555. The highest BCUT2D eigenvalue weighted by Crippen LogP contribution is 2.29. The van der Waals surface area contributed by atoms with Crippen molar-refractivity contribution >= 4 is 5.82 Å². The summed E-state index contributed by atoms with van der Waals surface area (Å²) < 4.78 is 6.86. The molecule has 20 heavy (non-hydrogen) atoms. The van der Waals surface area contributed by atoms with Crippen molar-refractivity contribution in [2.24, 2.45) is 0 Å². The Labute approximate surface area is 116 Å². The molecule has 0 unspecified atom stereocenters. The first-order valence-corrected chi connectivity index (χ1v) is 6.89. The first-order chi connectivity index (χ1) is 9.58. The molecular formula is C13H19N3O4. The number of anilines is 1. The van der Waals surface area contributed by atoms with Crippen molar-refractivity contribution < 1.29 is 14.9 Å². The van der Waals surface area contributed by atoms with Crippen molar-refractivity contribution in [1.82, 2.24) is 9.55 Å². The predicted molar refractivity (Wildman–Crippen MR) is 71.5 cm³/mol. The van der Waals surface area contributed by atoms with E-state index in [2.05, 4.69) is 10.3 Å². The number of rotatable bonds is 4. The zero-order valence-corrected chi connectivity index (χ0v) is 11.3. The number of nitrogens with one attached hydrogen (secondary N) is 1. The van der Waals surface area contributed by atoms with Gasteiger partial charge in [0, 0.05) is 24.2 Å². The minimum atomic E-state index is -0.763. The summed E-state index contributed by atoms with van der Waals surface area (Å²) in [6, 6.07) is 0.430. The Balaban J connectivity index is 1.83. The van der Waals surface area contributed by atoms with Crippen LogP contribution in [0.1, 0.15) is 31.1 Å². The smallest absolute Gasteiger partial charge is 0.351 e. The van der Waals surface area contributed by atoms with E-state index in [1.54, 1.807) is 6.20 Å². The number of nitrogens with zero attached hydrogens (tertiary/aromatic N) is 2. The lowest BCUT2D eigenvalue weighted by molar-refractivity contribution is -0.0459. The largest absolute Gasteiger partial charge is 0.394 e. The fraction of sp³-hybridized carbons (Fsp3) is 0.692. The molecule has 2 aliphatic rings. The first-order valence-electron chi connectivity index (χ1n) is 6.89. The van der Waals surface area contributed by atoms with Crippen molar-refractivity contribution in [3.8, 4) is 0 Å². The summed E-state index contributed by atoms with van der Waals surface area (Å²) in [5.74, 6) is 0.617. The number of ether oxygens (including phenoxy) is 1. The van der Waals surface area contributed by atoms with Crippen LogP contribution in [0.3, 0.4) is 0 Å². The topological polar surface area (TPSA) is 96.6 Å². The molecule has 7 nitrogen and oxygen atoms in total. The van der Waals surface area contributed by atoms with Gasteiger partial charge in [-0.25, -0.2) is 4.79 Å². The highest BCUT2D eigenvalue weighted by Gasteiger charge is 2.35. The van der Waals surface area contributed by atoms with Crippen LogP contribution in [0.25, 0.3) is 0 Å². The Morgan fingerprint density at radius 3 is 2.90 bits per heavy atom. The van der Waals surface area contributed by atoms with E-state index in [9.17, 15) is 9.90 Å². The molecule has 3 N–H and O–H groups in total. The Hall–Kier alpha value is -1.44. The number of aromatic nitrogens is 2. The van der Waals surface area contributed by atoms with E-state index in [1.807, 2.05) is 6.92 Å². The van der Waals surface area contributed by atoms with E-state index in [0.717, 1.165) is 18.4 Å². The second-order valence-corrected chi connectivity index (χ2v) is 5.50. The monoisotopic (exact) mass is 281 g/mol. The van der Waals surface area contributed by atoms with Gasteiger partial charge >= 0.3 is 5.69 Å². The van der Waals surface area contributed by atoms with Crippen molar-refractivity contribution in [1.29, 1.82) is 0 Å². The number of aryl methyl sites for hydroxylation is 1. The maximum absolute atomic E-state index is 12.1. The number of aliphatic hydroxyl groups is 2. The molecule has 0 radical (unpaired) electrons. The molecule has 2 fully saturated rings. The van der Waals surface area contributed by atoms with Gasteiger partial charge in [-0.15, -0.1) is 0 Å². The molecule has 1 aliphatic heterocycles. The average molecular weight is 281 g/mol. The summed E-state index contributed by atoms with van der Waals surface area (Å²) in [6.45, 7) is 1.61. The Morgan fingerprint density at radius 2 is 2.30 bits per heavy atom. The summed E-state index contributed by atoms with van der Waals surface area (Å²) in [5.41, 5.74) is 0.455. The van der Waals surface area contributed by atoms with E-state index in [1.165, 1.54) is 4.57 Å². The summed E-state index contributed by atoms with van der Waals surface area (Å²) >= 11 is 0. The molecule has 1 aromatic rings. The lowest BCUT2D eigenvalue weighted by atomic mass is 10.2. The molecule has 3 atom stereocenters. The molecule has 1 aromatic heterocycles. The van der Waals surface area contributed by atoms with Crippen molar-refractivity contribution in [2.45, 2.75) is 50.7 Å². The van der Waals surface area contributed by atoms with Gasteiger partial charge in [-0.1, -0.05) is 0 Å². The molecule has 0 aromatic carbocycles. The van der Waals surface area contributed by atoms with Crippen molar-refractivity contribution in [3.05, 3.63) is 22.2 Å². The van der Waals surface area contributed by atoms with E-state index in [-0.39, 0.29) is 13.0 Å². The predicted octanol–water partition coefficient (Wildman–Crippen LogP) is -0.233. The first kappa shape index (κ1) is 13.5. The van der Waals surface area contributed by atoms with E-state index < -0.39 is 24.1 Å². The number of hydrogen-bond acceptors (Lipinski definition) is 6. The van der Waals surface area contributed by atoms with Crippen LogP contribution in [0.5, 0.6) is 0 Å². The third-order valence-electron chi connectivity index (χ3n) is 3.75. The molecule has 1 aliphatic carbocycles. The minimum absolute atomic E-state index is 0.264. The highest BCUT2D eigenvalue weighted by molar-refractivity contribution is 5.43. The summed E-state index contributed by atoms with van der Waals surface area (Å²) in [5, 5.41) is 22.0. The fourth-order valence-corrected chi connectivity index (χ4v) is 2.39. The second kappa shape index (κ2) is 5.16. The van der Waals surface area contributed by atoms with Gasteiger partial charge in [0.2, 0.25) is 0 Å². The van der Waals surface area contributed by atoms with Crippen LogP contribution < -0.4 is 11.0 Å². The summed E-state index contributed by atoms with van der Waals surface area (Å²) in [6.07, 6.45) is 2.22. The molecule has 0 bridgehead atoms. The third kappa shape index (κ3) is 2.56. The molecule has 7 heteroatoms. The Kier molecular flexibility index (Phi) is 3.49. The van der Waals surface area contributed by atoms with Crippen LogP contribution in [0.2, 0.25) is 0 Å². The second-order valence-electron chi connectivity index (χ2n) is 5.50. The van der Waals surface area contributed by atoms with Gasteiger partial charge in [-0.2, -0.15) is 4.98 Å². The van der Waals surface area contributed by atoms with Gasteiger partial charge in [-0.3, -0.25) is 4.57 Å². The molecule has 2 heterocycles. The normalized spacial score (nSPS) is 29.6. The maximum atomic E-state index is 12.1. The van der Waals surface area contributed by atoms with Gasteiger partial charge in [0.05, 0.1) is 12.7 Å². The summed E-state index contributed by atoms with van der Waals surface area (Å²) in [7, 11) is 0. The van der Waals surface area contributed by atoms with E-state index >= 15 is 0 Å². The van der Waals surface area contributed by atoms with Crippen LogP contribution in [-0.2, 0) is 4.74 Å². The maximum Gasteiger partial charge on any atom is 0.351 e. The van der Waals surface area contributed by atoms with E-state index in [0.29, 0.717) is 11.9 Å². The van der Waals surface area contributed by atoms with Crippen LogP contribution in [0.15, 0.2) is 11.0 Å². The Morgan fingerprint density at radius 1 is 1.55 bits per heavy atom. The van der Waals surface area contributed by atoms with Crippen LogP contribution in [-0.4, -0.2) is 44.6 Å². The zero-order valence-electron chi connectivity index (χ0n) is 11.3. The number of aliphatic hydroxyl groups excluding tert-OH is 2. The third-order valence-corrected chi connectivity index (χ3v) is 3.75. The molecule has 1 saturated heterocycles. The van der Waals surface area contributed by atoms with Crippen molar-refractivity contribution in [2.75, 3.05) is 11.9 Å². The van der Waals surface area contributed by atoms with Crippen LogP contribution in [0, 0.1) is 6.92 Å². The quantitative estimate of drug-likeness (QED) is 0.705.